The summed E-state index contributed by atoms with van der Waals surface area (Å²) >= 11 is 1.85. The maximum absolute atomic E-state index is 5.64. The molecule has 3 nitrogen and oxygen atoms in total. The molecule has 0 aliphatic heterocycles. The Morgan fingerprint density at radius 1 is 0.386 bits per heavy atom. The zero-order chi connectivity index (χ0) is 37.5. The predicted octanol–water partition coefficient (Wildman–Crippen LogP) is 14.6. The van der Waals surface area contributed by atoms with E-state index in [1.165, 1.54) is 63.9 Å². The highest BCUT2D eigenvalue weighted by molar-refractivity contribution is 7.26. The molecule has 0 aliphatic carbocycles. The van der Waals surface area contributed by atoms with E-state index in [2.05, 4.69) is 209 Å². The Labute approximate surface area is 333 Å². The lowest BCUT2D eigenvalue weighted by atomic mass is 9.98. The molecule has 0 spiro atoms. The Hall–Kier alpha value is -7.27. The lowest BCUT2D eigenvalue weighted by Gasteiger charge is -2.14. The second-order valence-corrected chi connectivity index (χ2v) is 15.8. The standard InChI is InChI=1S/C53H33N3S/c1-3-15-34(16-4-1)35-17-13-18-36(31-35)37-32-45(43-25-14-24-42-40-22-9-12-28-49(40)57-53(42)43)54-50(33-37)56-47-27-11-8-23-44(47)51-48(56)30-29-41-39-21-7-10-26-46(39)55(52(41)51)38-19-5-2-6-20-38/h1-33H. The van der Waals surface area contributed by atoms with Gasteiger partial charge in [-0.15, -0.1) is 11.3 Å². The first-order valence-corrected chi connectivity index (χ1v) is 20.2. The topological polar surface area (TPSA) is 22.8 Å². The number of hydrogen-bond donors (Lipinski definition) is 0. The molecule has 4 heterocycles. The molecule has 57 heavy (non-hydrogen) atoms. The van der Waals surface area contributed by atoms with Crippen LogP contribution >= 0.6 is 11.3 Å². The molecule has 8 aromatic carbocycles. The highest BCUT2D eigenvalue weighted by Gasteiger charge is 2.22. The van der Waals surface area contributed by atoms with Gasteiger partial charge in [-0.2, -0.15) is 0 Å². The third kappa shape index (κ3) is 4.94. The van der Waals surface area contributed by atoms with Crippen LogP contribution in [-0.4, -0.2) is 14.1 Å². The minimum Gasteiger partial charge on any atom is -0.309 e. The number of pyridine rings is 1. The van der Waals surface area contributed by atoms with Crippen molar-refractivity contribution < 1.29 is 0 Å². The van der Waals surface area contributed by atoms with E-state index >= 15 is 0 Å². The van der Waals surface area contributed by atoms with Gasteiger partial charge >= 0.3 is 0 Å². The summed E-state index contributed by atoms with van der Waals surface area (Å²) < 4.78 is 7.36. The molecule has 0 saturated carbocycles. The highest BCUT2D eigenvalue weighted by atomic mass is 32.1. The summed E-state index contributed by atoms with van der Waals surface area (Å²) in [5.41, 5.74) is 12.5. The third-order valence-electron chi connectivity index (χ3n) is 11.5. The number of fused-ring (bicyclic) bond motifs is 10. The van der Waals surface area contributed by atoms with Gasteiger partial charge in [0, 0.05) is 53.0 Å². The average molecular weight is 744 g/mol. The van der Waals surface area contributed by atoms with E-state index in [1.807, 2.05) is 11.3 Å². The fourth-order valence-corrected chi connectivity index (χ4v) is 10.2. The first-order valence-electron chi connectivity index (χ1n) is 19.4. The molecule has 0 unspecified atom stereocenters. The Bertz CT molecular complexity index is 3520. The van der Waals surface area contributed by atoms with Gasteiger partial charge in [-0.1, -0.05) is 146 Å². The average Bonchev–Trinajstić information content (AvgIpc) is 3.95. The second kappa shape index (κ2) is 12.6. The van der Waals surface area contributed by atoms with Crippen LogP contribution in [0.4, 0.5) is 0 Å². The number of thiophene rings is 1. The summed E-state index contributed by atoms with van der Waals surface area (Å²) in [6, 6.07) is 72.4. The van der Waals surface area contributed by atoms with Crippen LogP contribution in [0.5, 0.6) is 0 Å². The normalized spacial score (nSPS) is 11.9. The fraction of sp³-hybridized carbons (Fsp3) is 0. The molecule has 0 radical (unpaired) electrons. The van der Waals surface area contributed by atoms with E-state index in [1.54, 1.807) is 0 Å². The van der Waals surface area contributed by atoms with Crippen LogP contribution in [0.2, 0.25) is 0 Å². The SMILES string of the molecule is c1ccc(-c2cccc(-c3cc(-c4cccc5c4sc4ccccc45)nc(-n4c5ccccc5c5c4ccc4c6ccccc6n(-c6ccccc6)c45)c3)c2)cc1. The second-order valence-electron chi connectivity index (χ2n) is 14.7. The predicted molar refractivity (Wildman–Crippen MR) is 242 cm³/mol. The molecule has 0 atom stereocenters. The van der Waals surface area contributed by atoms with E-state index in [9.17, 15) is 0 Å². The van der Waals surface area contributed by atoms with Gasteiger partial charge in [-0.3, -0.25) is 4.57 Å². The van der Waals surface area contributed by atoms with Crippen molar-refractivity contribution >= 4 is 75.1 Å². The number of para-hydroxylation sites is 3. The summed E-state index contributed by atoms with van der Waals surface area (Å²) in [5.74, 6) is 0.888. The van der Waals surface area contributed by atoms with Crippen LogP contribution in [0.1, 0.15) is 0 Å². The molecule has 0 fully saturated rings. The van der Waals surface area contributed by atoms with Crippen molar-refractivity contribution in [1.29, 1.82) is 0 Å². The molecular weight excluding hydrogens is 711 g/mol. The van der Waals surface area contributed by atoms with Crippen LogP contribution in [-0.2, 0) is 0 Å². The fourth-order valence-electron chi connectivity index (χ4n) is 8.99. The van der Waals surface area contributed by atoms with Crippen LogP contribution in [0.15, 0.2) is 200 Å². The molecule has 0 bridgehead atoms. The number of rotatable bonds is 5. The zero-order valence-electron chi connectivity index (χ0n) is 30.8. The quantitative estimate of drug-likeness (QED) is 0.172. The molecule has 4 heteroatoms. The highest BCUT2D eigenvalue weighted by Crippen LogP contribution is 2.44. The lowest BCUT2D eigenvalue weighted by Crippen LogP contribution is -2.00. The monoisotopic (exact) mass is 743 g/mol. The number of nitrogens with zero attached hydrogens (tertiary/aromatic N) is 3. The molecule has 266 valence electrons. The van der Waals surface area contributed by atoms with Gasteiger partial charge < -0.3 is 4.57 Å². The summed E-state index contributed by atoms with van der Waals surface area (Å²) in [4.78, 5) is 5.64. The zero-order valence-corrected chi connectivity index (χ0v) is 31.6. The van der Waals surface area contributed by atoms with E-state index in [-0.39, 0.29) is 0 Å². The summed E-state index contributed by atoms with van der Waals surface area (Å²) in [6.45, 7) is 0. The van der Waals surface area contributed by atoms with Crippen LogP contribution < -0.4 is 0 Å². The summed E-state index contributed by atoms with van der Waals surface area (Å²) in [7, 11) is 0. The maximum Gasteiger partial charge on any atom is 0.138 e. The van der Waals surface area contributed by atoms with Gasteiger partial charge in [0.05, 0.1) is 27.8 Å². The number of hydrogen-bond acceptors (Lipinski definition) is 2. The number of benzene rings is 8. The van der Waals surface area contributed by atoms with E-state index in [0.717, 1.165) is 44.9 Å². The third-order valence-corrected chi connectivity index (χ3v) is 12.7. The van der Waals surface area contributed by atoms with Gasteiger partial charge in [0.15, 0.2) is 0 Å². The maximum atomic E-state index is 5.64. The van der Waals surface area contributed by atoms with Crippen molar-refractivity contribution in [2.45, 2.75) is 0 Å². The van der Waals surface area contributed by atoms with E-state index in [0.29, 0.717) is 0 Å². The van der Waals surface area contributed by atoms with Gasteiger partial charge in [0.25, 0.3) is 0 Å². The Morgan fingerprint density at radius 2 is 1.02 bits per heavy atom. The smallest absolute Gasteiger partial charge is 0.138 e. The van der Waals surface area contributed by atoms with Crippen molar-refractivity contribution in [2.24, 2.45) is 0 Å². The van der Waals surface area contributed by atoms with Gasteiger partial charge in [-0.25, -0.2) is 4.98 Å². The van der Waals surface area contributed by atoms with Gasteiger partial charge in [0.2, 0.25) is 0 Å². The Kier molecular flexibility index (Phi) is 7.10. The van der Waals surface area contributed by atoms with Crippen LogP contribution in [0, 0.1) is 0 Å². The van der Waals surface area contributed by atoms with Crippen molar-refractivity contribution in [3.8, 4) is 45.0 Å². The molecule has 0 saturated heterocycles. The van der Waals surface area contributed by atoms with Crippen molar-refractivity contribution in [3.63, 3.8) is 0 Å². The van der Waals surface area contributed by atoms with Gasteiger partial charge in [0.1, 0.15) is 5.82 Å². The largest absolute Gasteiger partial charge is 0.309 e. The Balaban J connectivity index is 1.18. The summed E-state index contributed by atoms with van der Waals surface area (Å²) in [6.07, 6.45) is 0. The minimum absolute atomic E-state index is 0.888. The molecule has 12 aromatic rings. The molecular formula is C53H33N3S. The van der Waals surface area contributed by atoms with Crippen molar-refractivity contribution in [2.75, 3.05) is 0 Å². The first-order chi connectivity index (χ1) is 28.3. The number of aromatic nitrogens is 3. The molecule has 0 amide bonds. The van der Waals surface area contributed by atoms with Crippen molar-refractivity contribution in [1.82, 2.24) is 14.1 Å². The van der Waals surface area contributed by atoms with E-state index < -0.39 is 0 Å². The Morgan fingerprint density at radius 3 is 1.84 bits per heavy atom. The van der Waals surface area contributed by atoms with Crippen LogP contribution in [0.25, 0.3) is 109 Å². The summed E-state index contributed by atoms with van der Waals surface area (Å²) in [5, 5.41) is 7.44. The van der Waals surface area contributed by atoms with Gasteiger partial charge in [-0.05, 0) is 76.9 Å². The minimum atomic E-state index is 0.888. The molecule has 0 N–H and O–H groups in total. The lowest BCUT2D eigenvalue weighted by molar-refractivity contribution is 1.09. The van der Waals surface area contributed by atoms with Crippen molar-refractivity contribution in [3.05, 3.63) is 200 Å². The van der Waals surface area contributed by atoms with Crippen LogP contribution in [0.3, 0.4) is 0 Å². The van der Waals surface area contributed by atoms with E-state index in [4.69, 9.17) is 4.98 Å². The molecule has 0 aliphatic rings. The first kappa shape index (κ1) is 32.0. The molecule has 12 rings (SSSR count). The molecule has 4 aromatic heterocycles.